The smallest absolute Gasteiger partial charge is 0.255 e. The van der Waals surface area contributed by atoms with Crippen LogP contribution in [-0.4, -0.2) is 26.9 Å². The third-order valence-electron chi connectivity index (χ3n) is 3.13. The lowest BCUT2D eigenvalue weighted by molar-refractivity contribution is 0.0933. The van der Waals surface area contributed by atoms with Crippen LogP contribution in [0.1, 0.15) is 24.2 Å². The highest BCUT2D eigenvalue weighted by molar-refractivity contribution is 9.09. The molecular formula is C13H16BrN3O. The van der Waals surface area contributed by atoms with E-state index < -0.39 is 0 Å². The van der Waals surface area contributed by atoms with Crippen LogP contribution in [0, 0.1) is 5.92 Å². The number of carbonyl (C=O) groups is 1. The fourth-order valence-electron chi connectivity index (χ4n) is 1.67. The number of aromatic nitrogens is 2. The fraction of sp³-hybridized carbons (Fsp3) is 0.385. The zero-order chi connectivity index (χ0) is 13.1. The zero-order valence-corrected chi connectivity index (χ0v) is 12.0. The maximum Gasteiger partial charge on any atom is 0.255 e. The molecule has 18 heavy (non-hydrogen) atoms. The summed E-state index contributed by atoms with van der Waals surface area (Å²) < 4.78 is 1.70. The Hall–Kier alpha value is -1.36. The Morgan fingerprint density at radius 1 is 1.50 bits per heavy atom. The lowest BCUT2D eigenvalue weighted by atomic mass is 10.1. The summed E-state index contributed by atoms with van der Waals surface area (Å²) in [5, 5.41) is 8.03. The Morgan fingerprint density at radius 2 is 2.28 bits per heavy atom. The Morgan fingerprint density at radius 3 is 3.00 bits per heavy atom. The van der Waals surface area contributed by atoms with Gasteiger partial charge in [-0.3, -0.25) is 4.79 Å². The molecule has 0 spiro atoms. The molecule has 2 aromatic rings. The van der Waals surface area contributed by atoms with Crippen molar-refractivity contribution in [2.24, 2.45) is 5.92 Å². The van der Waals surface area contributed by atoms with Crippen LogP contribution in [-0.2, 0) is 0 Å². The minimum atomic E-state index is -0.0727. The summed E-state index contributed by atoms with van der Waals surface area (Å²) in [7, 11) is 0. The summed E-state index contributed by atoms with van der Waals surface area (Å²) in [6.45, 7) is 4.10. The molecule has 2 unspecified atom stereocenters. The molecule has 1 amide bonds. The number of carbonyl (C=O) groups excluding carboxylic acids is 1. The Balaban J connectivity index is 2.19. The van der Waals surface area contributed by atoms with E-state index in [-0.39, 0.29) is 11.9 Å². The number of fused-ring (bicyclic) bond motifs is 1. The molecule has 4 nitrogen and oxygen atoms in total. The van der Waals surface area contributed by atoms with E-state index in [9.17, 15) is 4.79 Å². The predicted molar refractivity (Wildman–Crippen MR) is 75.1 cm³/mol. The van der Waals surface area contributed by atoms with Crippen molar-refractivity contribution in [3.63, 3.8) is 0 Å². The van der Waals surface area contributed by atoms with E-state index in [1.165, 1.54) is 0 Å². The average Bonchev–Trinajstić information content (AvgIpc) is 2.81. The monoisotopic (exact) mass is 309 g/mol. The maximum atomic E-state index is 12.2. The van der Waals surface area contributed by atoms with Crippen molar-refractivity contribution in [1.82, 2.24) is 14.9 Å². The first kappa shape index (κ1) is 13.1. The first-order valence-electron chi connectivity index (χ1n) is 5.92. The SMILES string of the molecule is CC(CBr)C(C)NC(=O)c1cnn2ccccc12. The van der Waals surface area contributed by atoms with Gasteiger partial charge in [-0.15, -0.1) is 0 Å². The number of pyridine rings is 1. The minimum absolute atomic E-state index is 0.0727. The summed E-state index contributed by atoms with van der Waals surface area (Å²) in [6, 6.07) is 5.80. The van der Waals surface area contributed by atoms with Gasteiger partial charge in [0.2, 0.25) is 0 Å². The van der Waals surface area contributed by atoms with Crippen molar-refractivity contribution < 1.29 is 4.79 Å². The molecule has 2 aromatic heterocycles. The number of halogens is 1. The van der Waals surface area contributed by atoms with Crippen LogP contribution in [0.3, 0.4) is 0 Å². The molecule has 2 rings (SSSR count). The van der Waals surface area contributed by atoms with Crippen molar-refractivity contribution in [3.05, 3.63) is 36.2 Å². The number of hydrogen-bond donors (Lipinski definition) is 1. The van der Waals surface area contributed by atoms with Crippen LogP contribution in [0.25, 0.3) is 5.52 Å². The highest BCUT2D eigenvalue weighted by Crippen LogP contribution is 2.12. The molecule has 96 valence electrons. The Kier molecular flexibility index (Phi) is 4.01. The fourth-order valence-corrected chi connectivity index (χ4v) is 2.23. The van der Waals surface area contributed by atoms with E-state index >= 15 is 0 Å². The van der Waals surface area contributed by atoms with Crippen molar-refractivity contribution in [3.8, 4) is 0 Å². The largest absolute Gasteiger partial charge is 0.349 e. The van der Waals surface area contributed by atoms with Crippen molar-refractivity contribution in [2.75, 3.05) is 5.33 Å². The lowest BCUT2D eigenvalue weighted by Crippen LogP contribution is -2.37. The number of alkyl halides is 1. The standard InChI is InChI=1S/C13H16BrN3O/c1-9(7-14)10(2)16-13(18)11-8-15-17-6-4-3-5-12(11)17/h3-6,8-10H,7H2,1-2H3,(H,16,18). The molecule has 0 bridgehead atoms. The van der Waals surface area contributed by atoms with Crippen LogP contribution in [0.2, 0.25) is 0 Å². The highest BCUT2D eigenvalue weighted by Gasteiger charge is 2.17. The van der Waals surface area contributed by atoms with Crippen molar-refractivity contribution in [1.29, 1.82) is 0 Å². The molecule has 2 atom stereocenters. The lowest BCUT2D eigenvalue weighted by Gasteiger charge is -2.18. The third kappa shape index (κ3) is 2.56. The van der Waals surface area contributed by atoms with E-state index in [1.807, 2.05) is 31.3 Å². The van der Waals surface area contributed by atoms with E-state index in [1.54, 1.807) is 10.7 Å². The van der Waals surface area contributed by atoms with Crippen molar-refractivity contribution >= 4 is 27.4 Å². The summed E-state index contributed by atoms with van der Waals surface area (Å²) >= 11 is 3.43. The van der Waals surface area contributed by atoms with Gasteiger partial charge < -0.3 is 5.32 Å². The molecule has 0 aliphatic rings. The van der Waals surface area contributed by atoms with Gasteiger partial charge in [-0.2, -0.15) is 5.10 Å². The molecular weight excluding hydrogens is 294 g/mol. The first-order valence-corrected chi connectivity index (χ1v) is 7.05. The molecule has 0 fully saturated rings. The summed E-state index contributed by atoms with van der Waals surface area (Å²) in [5.41, 5.74) is 1.44. The molecule has 0 aliphatic carbocycles. The topological polar surface area (TPSA) is 46.4 Å². The van der Waals surface area contributed by atoms with Gasteiger partial charge in [0.05, 0.1) is 17.3 Å². The average molecular weight is 310 g/mol. The van der Waals surface area contributed by atoms with Gasteiger partial charge in [-0.05, 0) is 25.0 Å². The highest BCUT2D eigenvalue weighted by atomic mass is 79.9. The van der Waals surface area contributed by atoms with E-state index in [0.717, 1.165) is 10.8 Å². The molecule has 0 aromatic carbocycles. The summed E-state index contributed by atoms with van der Waals surface area (Å²) in [6.07, 6.45) is 3.44. The van der Waals surface area contributed by atoms with Crippen LogP contribution in [0.4, 0.5) is 0 Å². The van der Waals surface area contributed by atoms with Gasteiger partial charge in [0.25, 0.3) is 5.91 Å². The number of hydrogen-bond acceptors (Lipinski definition) is 2. The molecule has 0 saturated heterocycles. The normalized spacial score (nSPS) is 14.4. The predicted octanol–water partition coefficient (Wildman–Crippen LogP) is 2.48. The molecule has 5 heteroatoms. The molecule has 0 saturated carbocycles. The van der Waals surface area contributed by atoms with Crippen LogP contribution in [0.5, 0.6) is 0 Å². The van der Waals surface area contributed by atoms with Gasteiger partial charge in [0.15, 0.2) is 0 Å². The van der Waals surface area contributed by atoms with Gasteiger partial charge in [0, 0.05) is 17.6 Å². The second kappa shape index (κ2) is 5.52. The number of nitrogens with zero attached hydrogens (tertiary/aromatic N) is 2. The van der Waals surface area contributed by atoms with Crippen LogP contribution < -0.4 is 5.32 Å². The quantitative estimate of drug-likeness (QED) is 0.882. The summed E-state index contributed by atoms with van der Waals surface area (Å²) in [4.78, 5) is 12.2. The van der Waals surface area contributed by atoms with Gasteiger partial charge in [0.1, 0.15) is 0 Å². The van der Waals surface area contributed by atoms with Crippen LogP contribution >= 0.6 is 15.9 Å². The second-order valence-corrected chi connectivity index (χ2v) is 5.13. The first-order chi connectivity index (χ1) is 8.63. The second-order valence-electron chi connectivity index (χ2n) is 4.48. The minimum Gasteiger partial charge on any atom is -0.349 e. The summed E-state index contributed by atoms with van der Waals surface area (Å²) in [5.74, 6) is 0.312. The van der Waals surface area contributed by atoms with E-state index in [2.05, 4.69) is 33.3 Å². The van der Waals surface area contributed by atoms with Crippen LogP contribution in [0.15, 0.2) is 30.6 Å². The molecule has 1 N–H and O–H groups in total. The van der Waals surface area contributed by atoms with Crippen molar-refractivity contribution in [2.45, 2.75) is 19.9 Å². The Labute approximate surface area is 115 Å². The third-order valence-corrected chi connectivity index (χ3v) is 4.15. The molecule has 2 heterocycles. The maximum absolute atomic E-state index is 12.2. The number of rotatable bonds is 4. The zero-order valence-electron chi connectivity index (χ0n) is 10.4. The van der Waals surface area contributed by atoms with Gasteiger partial charge >= 0.3 is 0 Å². The van der Waals surface area contributed by atoms with E-state index in [0.29, 0.717) is 11.5 Å². The van der Waals surface area contributed by atoms with E-state index in [4.69, 9.17) is 0 Å². The molecule has 0 radical (unpaired) electrons. The molecule has 0 aliphatic heterocycles. The number of nitrogens with one attached hydrogen (secondary N) is 1. The van der Waals surface area contributed by atoms with Gasteiger partial charge in [-0.1, -0.05) is 28.9 Å². The Bertz CT molecular complexity index is 552. The number of amides is 1. The van der Waals surface area contributed by atoms with Gasteiger partial charge in [-0.25, -0.2) is 4.52 Å².